The van der Waals surface area contributed by atoms with Crippen molar-refractivity contribution in [3.8, 4) is 5.75 Å². The minimum Gasteiger partial charge on any atom is -0.478 e. The van der Waals surface area contributed by atoms with Crippen molar-refractivity contribution in [2.45, 2.75) is 44.1 Å². The zero-order chi connectivity index (χ0) is 23.8. The second kappa shape index (κ2) is 9.11. The molecule has 1 atom stereocenters. The van der Waals surface area contributed by atoms with Crippen molar-refractivity contribution in [3.63, 3.8) is 0 Å². The zero-order valence-electron chi connectivity index (χ0n) is 18.4. The standard InChI is InChI=1S/C23H26FN3O5S/c1-3-20-23(29)26-19-13-17(5-7-21(19)32-20)33(30,31)27-10-8-15(9-11-27)22(28)25-18-6-4-16(24)12-14(18)2/h4-7,12-13,15,20H,3,8-11H2,1-2H3,(H,25,28)(H,26,29)/t20-/m1/s1. The van der Waals surface area contributed by atoms with Crippen LogP contribution in [0.1, 0.15) is 31.7 Å². The van der Waals surface area contributed by atoms with Crippen molar-refractivity contribution >= 4 is 33.2 Å². The number of rotatable bonds is 5. The molecule has 1 saturated heterocycles. The predicted molar refractivity (Wildman–Crippen MR) is 121 cm³/mol. The summed E-state index contributed by atoms with van der Waals surface area (Å²) in [7, 11) is -3.80. The van der Waals surface area contributed by atoms with Crippen LogP contribution in [-0.2, 0) is 19.6 Å². The highest BCUT2D eigenvalue weighted by Gasteiger charge is 2.34. The van der Waals surface area contributed by atoms with Crippen LogP contribution in [0.5, 0.6) is 5.75 Å². The summed E-state index contributed by atoms with van der Waals surface area (Å²) in [5.74, 6) is -0.791. The Kier molecular flexibility index (Phi) is 6.40. The second-order valence-electron chi connectivity index (χ2n) is 8.29. The third kappa shape index (κ3) is 4.72. The lowest BCUT2D eigenvalue weighted by molar-refractivity contribution is -0.123. The van der Waals surface area contributed by atoms with E-state index in [1.807, 2.05) is 6.92 Å². The molecular formula is C23H26FN3O5S. The molecule has 10 heteroatoms. The van der Waals surface area contributed by atoms with Crippen LogP contribution in [-0.4, -0.2) is 43.7 Å². The molecule has 2 aromatic rings. The van der Waals surface area contributed by atoms with Gasteiger partial charge in [-0.15, -0.1) is 0 Å². The number of nitrogens with zero attached hydrogens (tertiary/aromatic N) is 1. The van der Waals surface area contributed by atoms with Gasteiger partial charge in [0, 0.05) is 24.7 Å². The molecule has 2 aliphatic heterocycles. The average molecular weight is 476 g/mol. The highest BCUT2D eigenvalue weighted by Crippen LogP contribution is 2.34. The second-order valence-corrected chi connectivity index (χ2v) is 10.2. The Morgan fingerprint density at radius 2 is 1.94 bits per heavy atom. The largest absolute Gasteiger partial charge is 0.478 e. The molecule has 176 valence electrons. The summed E-state index contributed by atoms with van der Waals surface area (Å²) in [6.45, 7) is 3.93. The number of sulfonamides is 1. The first kappa shape index (κ1) is 23.2. The summed E-state index contributed by atoms with van der Waals surface area (Å²) in [5, 5.41) is 5.52. The predicted octanol–water partition coefficient (Wildman–Crippen LogP) is 3.28. The SMILES string of the molecule is CC[C@H]1Oc2ccc(S(=O)(=O)N3CCC(C(=O)Nc4ccc(F)cc4C)CC3)cc2NC1=O. The van der Waals surface area contributed by atoms with E-state index in [0.29, 0.717) is 42.0 Å². The number of piperidine rings is 1. The van der Waals surface area contributed by atoms with E-state index in [1.165, 1.54) is 34.6 Å². The van der Waals surface area contributed by atoms with Crippen molar-refractivity contribution in [2.24, 2.45) is 5.92 Å². The van der Waals surface area contributed by atoms with Crippen molar-refractivity contribution in [2.75, 3.05) is 23.7 Å². The number of nitrogens with one attached hydrogen (secondary N) is 2. The molecule has 2 N–H and O–H groups in total. The number of amides is 2. The number of anilines is 2. The van der Waals surface area contributed by atoms with Crippen molar-refractivity contribution < 1.29 is 27.1 Å². The van der Waals surface area contributed by atoms with Crippen molar-refractivity contribution in [1.29, 1.82) is 0 Å². The van der Waals surface area contributed by atoms with Crippen LogP contribution in [0.15, 0.2) is 41.3 Å². The van der Waals surface area contributed by atoms with Crippen LogP contribution in [0.3, 0.4) is 0 Å². The summed E-state index contributed by atoms with van der Waals surface area (Å²) in [6, 6.07) is 8.57. The van der Waals surface area contributed by atoms with Gasteiger partial charge < -0.3 is 15.4 Å². The summed E-state index contributed by atoms with van der Waals surface area (Å²) in [5.41, 5.74) is 1.49. The minimum atomic E-state index is -3.80. The molecule has 4 rings (SSSR count). The Hall–Kier alpha value is -2.98. The van der Waals surface area contributed by atoms with E-state index in [-0.39, 0.29) is 41.5 Å². The van der Waals surface area contributed by atoms with Crippen LogP contribution >= 0.6 is 0 Å². The number of aryl methyl sites for hydroxylation is 1. The number of benzene rings is 2. The Morgan fingerprint density at radius 1 is 1.21 bits per heavy atom. The van der Waals surface area contributed by atoms with Crippen LogP contribution in [0.2, 0.25) is 0 Å². The van der Waals surface area contributed by atoms with E-state index in [1.54, 1.807) is 13.0 Å². The smallest absolute Gasteiger partial charge is 0.265 e. The molecule has 2 amide bonds. The molecule has 0 aromatic heterocycles. The molecule has 0 spiro atoms. The first-order valence-electron chi connectivity index (χ1n) is 10.9. The van der Waals surface area contributed by atoms with Crippen molar-refractivity contribution in [3.05, 3.63) is 47.8 Å². The fourth-order valence-electron chi connectivity index (χ4n) is 4.07. The monoisotopic (exact) mass is 475 g/mol. The lowest BCUT2D eigenvalue weighted by atomic mass is 9.97. The Balaban J connectivity index is 1.41. The Morgan fingerprint density at radius 3 is 2.61 bits per heavy atom. The fraction of sp³-hybridized carbons (Fsp3) is 0.391. The van der Waals surface area contributed by atoms with Gasteiger partial charge in [-0.2, -0.15) is 4.31 Å². The van der Waals surface area contributed by atoms with Gasteiger partial charge in [0.25, 0.3) is 5.91 Å². The lowest BCUT2D eigenvalue weighted by Gasteiger charge is -2.31. The van der Waals surface area contributed by atoms with Crippen LogP contribution in [0.25, 0.3) is 0 Å². The van der Waals surface area contributed by atoms with E-state index in [0.717, 1.165) is 0 Å². The molecule has 0 radical (unpaired) electrons. The summed E-state index contributed by atoms with van der Waals surface area (Å²) in [4.78, 5) is 24.8. The molecular weight excluding hydrogens is 449 g/mol. The molecule has 33 heavy (non-hydrogen) atoms. The summed E-state index contributed by atoms with van der Waals surface area (Å²) >= 11 is 0. The van der Waals surface area contributed by atoms with E-state index in [9.17, 15) is 22.4 Å². The van der Waals surface area contributed by atoms with Gasteiger partial charge >= 0.3 is 0 Å². The Bertz CT molecular complexity index is 1190. The third-order valence-electron chi connectivity index (χ3n) is 6.05. The molecule has 2 heterocycles. The normalized spacial score (nSPS) is 19.4. The molecule has 2 aromatic carbocycles. The van der Waals surface area contributed by atoms with Gasteiger partial charge in [-0.25, -0.2) is 12.8 Å². The molecule has 8 nitrogen and oxygen atoms in total. The molecule has 0 aliphatic carbocycles. The van der Waals surface area contributed by atoms with E-state index in [2.05, 4.69) is 10.6 Å². The number of fused-ring (bicyclic) bond motifs is 1. The molecule has 0 bridgehead atoms. The molecule has 2 aliphatic rings. The number of hydrogen-bond donors (Lipinski definition) is 2. The van der Waals surface area contributed by atoms with Crippen LogP contribution < -0.4 is 15.4 Å². The fourth-order valence-corrected chi connectivity index (χ4v) is 5.56. The quantitative estimate of drug-likeness (QED) is 0.691. The first-order chi connectivity index (χ1) is 15.7. The molecule has 0 unspecified atom stereocenters. The summed E-state index contributed by atoms with van der Waals surface area (Å²) in [6.07, 6.45) is 0.653. The van der Waals surface area contributed by atoms with Gasteiger partial charge in [0.1, 0.15) is 11.6 Å². The van der Waals surface area contributed by atoms with E-state index in [4.69, 9.17) is 4.74 Å². The Labute approximate surface area is 192 Å². The van der Waals surface area contributed by atoms with Gasteiger partial charge in [0.2, 0.25) is 15.9 Å². The first-order valence-corrected chi connectivity index (χ1v) is 12.3. The number of hydrogen-bond acceptors (Lipinski definition) is 5. The number of carbonyl (C=O) groups is 2. The highest BCUT2D eigenvalue weighted by molar-refractivity contribution is 7.89. The average Bonchev–Trinajstić information content (AvgIpc) is 2.80. The zero-order valence-corrected chi connectivity index (χ0v) is 19.2. The van der Waals surface area contributed by atoms with Gasteiger partial charge in [-0.1, -0.05) is 6.92 Å². The maximum absolute atomic E-state index is 13.3. The maximum Gasteiger partial charge on any atom is 0.265 e. The lowest BCUT2D eigenvalue weighted by Crippen LogP contribution is -2.41. The summed E-state index contributed by atoms with van der Waals surface area (Å²) < 4.78 is 46.6. The number of ether oxygens (including phenoxy) is 1. The topological polar surface area (TPSA) is 105 Å². The van der Waals surface area contributed by atoms with Gasteiger partial charge in [-0.05, 0) is 68.1 Å². The van der Waals surface area contributed by atoms with Gasteiger partial charge in [-0.3, -0.25) is 9.59 Å². The molecule has 0 saturated carbocycles. The van der Waals surface area contributed by atoms with Crippen LogP contribution in [0, 0.1) is 18.7 Å². The minimum absolute atomic E-state index is 0.0601. The molecule has 1 fully saturated rings. The maximum atomic E-state index is 13.3. The highest BCUT2D eigenvalue weighted by atomic mass is 32.2. The van der Waals surface area contributed by atoms with Gasteiger partial charge in [0.05, 0.1) is 10.6 Å². The van der Waals surface area contributed by atoms with E-state index >= 15 is 0 Å². The van der Waals surface area contributed by atoms with E-state index < -0.39 is 16.1 Å². The van der Waals surface area contributed by atoms with Crippen LogP contribution in [0.4, 0.5) is 15.8 Å². The number of carbonyl (C=O) groups excluding carboxylic acids is 2. The van der Waals surface area contributed by atoms with Gasteiger partial charge in [0.15, 0.2) is 6.10 Å². The van der Waals surface area contributed by atoms with Crippen molar-refractivity contribution in [1.82, 2.24) is 4.31 Å². The third-order valence-corrected chi connectivity index (χ3v) is 7.94. The number of halogens is 1.